The van der Waals surface area contributed by atoms with Crippen LogP contribution in [-0.4, -0.2) is 93.1 Å². The van der Waals surface area contributed by atoms with Crippen LogP contribution < -0.4 is 0 Å². The molecule has 2 N–H and O–H groups in total. The number of aryl methyl sites for hydroxylation is 1. The Labute approximate surface area is 189 Å². The van der Waals surface area contributed by atoms with Crippen LogP contribution in [0.1, 0.15) is 25.1 Å². The fourth-order valence-corrected chi connectivity index (χ4v) is 4.67. The predicted octanol–water partition coefficient (Wildman–Crippen LogP) is 1.49. The molecule has 0 unspecified atom stereocenters. The zero-order valence-electron chi connectivity index (χ0n) is 18.2. The third-order valence-electron chi connectivity index (χ3n) is 6.44. The topological polar surface area (TPSA) is 91.1 Å². The summed E-state index contributed by atoms with van der Waals surface area (Å²) in [6.45, 7) is 2.81. The number of ether oxygens (including phenoxy) is 1. The molecule has 1 aromatic carbocycles. The SMILES string of the molecule is O=C(CCCn1c(C(F)(F)F)nc2ccccc21)N1CC[C@@H](O)[C@@H](O)[C@H](N2CCOCC2)C1. The first-order chi connectivity index (χ1) is 15.8. The van der Waals surface area contributed by atoms with Crippen LogP contribution in [0.5, 0.6) is 0 Å². The van der Waals surface area contributed by atoms with Gasteiger partial charge in [-0.05, 0) is 25.0 Å². The van der Waals surface area contributed by atoms with E-state index in [1.807, 2.05) is 4.90 Å². The number of nitrogens with zero attached hydrogens (tertiary/aromatic N) is 4. The number of aromatic nitrogens is 2. The molecule has 2 aromatic rings. The highest BCUT2D eigenvalue weighted by atomic mass is 19.4. The first-order valence-corrected chi connectivity index (χ1v) is 11.2. The Hall–Kier alpha value is -2.21. The van der Waals surface area contributed by atoms with E-state index in [1.165, 1.54) is 6.07 Å². The van der Waals surface area contributed by atoms with Gasteiger partial charge in [-0.2, -0.15) is 13.2 Å². The van der Waals surface area contributed by atoms with Gasteiger partial charge in [0.1, 0.15) is 0 Å². The summed E-state index contributed by atoms with van der Waals surface area (Å²) in [5, 5.41) is 20.9. The van der Waals surface area contributed by atoms with Crippen molar-refractivity contribution in [3.8, 4) is 0 Å². The smallest absolute Gasteiger partial charge is 0.390 e. The van der Waals surface area contributed by atoms with Gasteiger partial charge in [-0.3, -0.25) is 9.69 Å². The minimum Gasteiger partial charge on any atom is -0.390 e. The number of likely N-dealkylation sites (tertiary alicyclic amines) is 1. The highest BCUT2D eigenvalue weighted by molar-refractivity contribution is 5.77. The lowest BCUT2D eigenvalue weighted by Crippen LogP contribution is -2.55. The van der Waals surface area contributed by atoms with Crippen molar-refractivity contribution in [1.29, 1.82) is 0 Å². The molecule has 8 nitrogen and oxygen atoms in total. The van der Waals surface area contributed by atoms with Crippen LogP contribution in [-0.2, 0) is 22.3 Å². The Morgan fingerprint density at radius 3 is 2.61 bits per heavy atom. The zero-order chi connectivity index (χ0) is 23.6. The van der Waals surface area contributed by atoms with Crippen molar-refractivity contribution in [2.75, 3.05) is 39.4 Å². The average Bonchev–Trinajstić information content (AvgIpc) is 3.11. The van der Waals surface area contributed by atoms with E-state index < -0.39 is 30.3 Å². The number of benzene rings is 1. The Morgan fingerprint density at radius 1 is 1.15 bits per heavy atom. The molecular weight excluding hydrogens is 441 g/mol. The maximum absolute atomic E-state index is 13.5. The van der Waals surface area contributed by atoms with E-state index in [0.717, 1.165) is 4.57 Å². The summed E-state index contributed by atoms with van der Waals surface area (Å²) in [4.78, 5) is 20.3. The van der Waals surface area contributed by atoms with E-state index in [2.05, 4.69) is 4.98 Å². The van der Waals surface area contributed by atoms with Gasteiger partial charge in [0.15, 0.2) is 0 Å². The number of imidazole rings is 1. The summed E-state index contributed by atoms with van der Waals surface area (Å²) < 4.78 is 46.9. The molecule has 1 amide bonds. The molecule has 11 heteroatoms. The van der Waals surface area contributed by atoms with Crippen molar-refractivity contribution < 1.29 is 32.9 Å². The van der Waals surface area contributed by atoms with Crippen molar-refractivity contribution in [1.82, 2.24) is 19.4 Å². The van der Waals surface area contributed by atoms with Gasteiger partial charge in [0.25, 0.3) is 0 Å². The molecule has 2 aliphatic rings. The van der Waals surface area contributed by atoms with Gasteiger partial charge in [-0.25, -0.2) is 4.98 Å². The number of hydrogen-bond acceptors (Lipinski definition) is 6. The predicted molar refractivity (Wildman–Crippen MR) is 113 cm³/mol. The number of fused-ring (bicyclic) bond motifs is 1. The van der Waals surface area contributed by atoms with Gasteiger partial charge in [-0.15, -0.1) is 0 Å². The zero-order valence-corrected chi connectivity index (χ0v) is 18.2. The summed E-state index contributed by atoms with van der Waals surface area (Å²) >= 11 is 0. The molecule has 0 spiro atoms. The Balaban J connectivity index is 1.42. The second-order valence-corrected chi connectivity index (χ2v) is 8.58. The van der Waals surface area contributed by atoms with Gasteiger partial charge in [0, 0.05) is 39.1 Å². The summed E-state index contributed by atoms with van der Waals surface area (Å²) in [6, 6.07) is 6.00. The lowest BCUT2D eigenvalue weighted by molar-refractivity contribution is -0.146. The Morgan fingerprint density at radius 2 is 1.88 bits per heavy atom. The van der Waals surface area contributed by atoms with Gasteiger partial charge >= 0.3 is 6.18 Å². The second kappa shape index (κ2) is 9.96. The number of carbonyl (C=O) groups excluding carboxylic acids is 1. The number of rotatable bonds is 5. The van der Waals surface area contributed by atoms with E-state index in [-0.39, 0.29) is 43.8 Å². The van der Waals surface area contributed by atoms with Crippen LogP contribution in [0.3, 0.4) is 0 Å². The summed E-state index contributed by atoms with van der Waals surface area (Å²) in [6.07, 6.45) is -5.99. The van der Waals surface area contributed by atoms with Gasteiger partial charge < -0.3 is 24.4 Å². The number of halogens is 3. The number of morpholine rings is 1. The molecule has 4 rings (SSSR count). The van der Waals surface area contributed by atoms with Crippen molar-refractivity contribution in [2.45, 2.75) is 50.2 Å². The van der Waals surface area contributed by atoms with E-state index >= 15 is 0 Å². The monoisotopic (exact) mass is 470 g/mol. The molecule has 2 fully saturated rings. The first kappa shape index (κ1) is 23.9. The third kappa shape index (κ3) is 5.32. The number of alkyl halides is 3. The first-order valence-electron chi connectivity index (χ1n) is 11.2. The van der Waals surface area contributed by atoms with Crippen LogP contribution in [0.4, 0.5) is 13.2 Å². The fourth-order valence-electron chi connectivity index (χ4n) is 4.67. The van der Waals surface area contributed by atoms with E-state index in [4.69, 9.17) is 4.74 Å². The van der Waals surface area contributed by atoms with E-state index in [9.17, 15) is 28.2 Å². The lowest BCUT2D eigenvalue weighted by atomic mass is 10.0. The quantitative estimate of drug-likeness (QED) is 0.688. The van der Waals surface area contributed by atoms with Gasteiger partial charge in [-0.1, -0.05) is 12.1 Å². The van der Waals surface area contributed by atoms with Crippen molar-refractivity contribution >= 4 is 16.9 Å². The molecule has 0 saturated carbocycles. The molecule has 182 valence electrons. The molecule has 2 saturated heterocycles. The van der Waals surface area contributed by atoms with Crippen LogP contribution >= 0.6 is 0 Å². The van der Waals surface area contributed by atoms with Crippen molar-refractivity contribution in [3.63, 3.8) is 0 Å². The van der Waals surface area contributed by atoms with Gasteiger partial charge in [0.05, 0.1) is 42.5 Å². The summed E-state index contributed by atoms with van der Waals surface area (Å²) in [7, 11) is 0. The number of hydrogen-bond donors (Lipinski definition) is 2. The van der Waals surface area contributed by atoms with Crippen LogP contribution in [0.15, 0.2) is 24.3 Å². The van der Waals surface area contributed by atoms with Crippen LogP contribution in [0.25, 0.3) is 11.0 Å². The Bertz CT molecular complexity index is 961. The highest BCUT2D eigenvalue weighted by Crippen LogP contribution is 2.31. The number of carbonyl (C=O) groups is 1. The second-order valence-electron chi connectivity index (χ2n) is 8.58. The molecule has 0 aliphatic carbocycles. The maximum Gasteiger partial charge on any atom is 0.449 e. The van der Waals surface area contributed by atoms with Crippen molar-refractivity contribution in [3.05, 3.63) is 30.1 Å². The fraction of sp³-hybridized carbons (Fsp3) is 0.636. The molecule has 1 aromatic heterocycles. The van der Waals surface area contributed by atoms with Gasteiger partial charge in [0.2, 0.25) is 11.7 Å². The van der Waals surface area contributed by atoms with Crippen molar-refractivity contribution in [2.24, 2.45) is 0 Å². The lowest BCUT2D eigenvalue weighted by Gasteiger charge is -2.38. The molecule has 3 atom stereocenters. The summed E-state index contributed by atoms with van der Waals surface area (Å²) in [5.74, 6) is -1.17. The number of aliphatic hydroxyl groups excluding tert-OH is 2. The third-order valence-corrected chi connectivity index (χ3v) is 6.44. The van der Waals surface area contributed by atoms with E-state index in [0.29, 0.717) is 38.4 Å². The largest absolute Gasteiger partial charge is 0.449 e. The molecular formula is C22H29F3N4O4. The molecule has 3 heterocycles. The van der Waals surface area contributed by atoms with E-state index in [1.54, 1.807) is 23.1 Å². The standard InChI is InChI=1S/C22H29F3N4O4/c23-22(24,25)21-26-15-4-1-2-5-16(15)29(21)8-3-6-19(31)28-9-7-18(30)20(32)17(14-28)27-10-12-33-13-11-27/h1-2,4-5,17-18,20,30,32H,3,6-14H2/t17-,18-,20+/m1/s1. The molecule has 2 aliphatic heterocycles. The number of aliphatic hydroxyl groups is 2. The normalized spacial score (nSPS) is 25.4. The maximum atomic E-state index is 13.5. The average molecular weight is 470 g/mol. The summed E-state index contributed by atoms with van der Waals surface area (Å²) in [5.41, 5.74) is 0.644. The van der Waals surface area contributed by atoms with Crippen LogP contribution in [0, 0.1) is 0 Å². The minimum atomic E-state index is -4.59. The van der Waals surface area contributed by atoms with Crippen LogP contribution in [0.2, 0.25) is 0 Å². The number of para-hydroxylation sites is 2. The molecule has 33 heavy (non-hydrogen) atoms. The molecule has 0 radical (unpaired) electrons. The minimum absolute atomic E-state index is 0.00702. The Kier molecular flexibility index (Phi) is 7.22. The highest BCUT2D eigenvalue weighted by Gasteiger charge is 2.38. The molecule has 0 bridgehead atoms. The number of amides is 1.